The molecule has 1 aliphatic heterocycles. The molecule has 2 atom stereocenters. The second-order valence-electron chi connectivity index (χ2n) is 7.35. The summed E-state index contributed by atoms with van der Waals surface area (Å²) in [6.07, 6.45) is 11.0. The molecule has 2 aliphatic carbocycles. The summed E-state index contributed by atoms with van der Waals surface area (Å²) < 4.78 is 5.87. The highest BCUT2D eigenvalue weighted by atomic mass is 16.4. The van der Waals surface area contributed by atoms with Gasteiger partial charge in [-0.3, -0.25) is 4.79 Å². The van der Waals surface area contributed by atoms with Gasteiger partial charge in [-0.1, -0.05) is 19.3 Å². The number of hydrogen-bond donors (Lipinski definition) is 0. The molecule has 0 radical (unpaired) electrons. The highest BCUT2D eigenvalue weighted by Gasteiger charge is 2.37. The topological polar surface area (TPSA) is 46.3 Å². The zero-order valence-corrected chi connectivity index (χ0v) is 13.5. The van der Waals surface area contributed by atoms with Crippen LogP contribution >= 0.6 is 0 Å². The van der Waals surface area contributed by atoms with Gasteiger partial charge >= 0.3 is 0 Å². The van der Waals surface area contributed by atoms with Gasteiger partial charge in [0, 0.05) is 18.5 Å². The molecule has 4 heteroatoms. The summed E-state index contributed by atoms with van der Waals surface area (Å²) >= 11 is 0. The van der Waals surface area contributed by atoms with Crippen LogP contribution in [0.1, 0.15) is 85.8 Å². The van der Waals surface area contributed by atoms with Crippen molar-refractivity contribution in [3.05, 3.63) is 17.3 Å². The molecule has 3 aliphatic rings. The Morgan fingerprint density at radius 3 is 2.59 bits per heavy atom. The number of carbonyl (C=O) groups is 1. The van der Waals surface area contributed by atoms with Crippen molar-refractivity contribution in [2.75, 3.05) is 6.54 Å². The molecule has 2 saturated carbocycles. The number of amides is 1. The van der Waals surface area contributed by atoms with Crippen LogP contribution in [0.5, 0.6) is 0 Å². The molecule has 4 rings (SSSR count). The maximum atomic E-state index is 13.1. The smallest absolute Gasteiger partial charge is 0.291 e. The minimum atomic E-state index is 0.0932. The van der Waals surface area contributed by atoms with E-state index in [4.69, 9.17) is 4.42 Å². The molecule has 120 valence electrons. The number of oxazole rings is 1. The number of hydrogen-bond acceptors (Lipinski definition) is 3. The van der Waals surface area contributed by atoms with Crippen LogP contribution in [0.4, 0.5) is 0 Å². The van der Waals surface area contributed by atoms with Crippen LogP contribution in [0.3, 0.4) is 0 Å². The molecular weight excluding hydrogens is 276 g/mol. The van der Waals surface area contributed by atoms with Crippen molar-refractivity contribution in [1.29, 1.82) is 0 Å². The molecule has 1 aromatic rings. The monoisotopic (exact) mass is 302 g/mol. The Morgan fingerprint density at radius 1 is 1.09 bits per heavy atom. The second kappa shape index (κ2) is 5.71. The lowest BCUT2D eigenvalue weighted by molar-refractivity contribution is 0.0535. The predicted octanol–water partition coefficient (Wildman–Crippen LogP) is 4.05. The lowest BCUT2D eigenvalue weighted by Crippen LogP contribution is -2.45. The minimum absolute atomic E-state index is 0.0932. The quantitative estimate of drug-likeness (QED) is 0.828. The van der Waals surface area contributed by atoms with E-state index in [0.717, 1.165) is 37.4 Å². The predicted molar refractivity (Wildman–Crippen MR) is 83.8 cm³/mol. The van der Waals surface area contributed by atoms with Crippen molar-refractivity contribution in [2.45, 2.75) is 76.7 Å². The fourth-order valence-corrected chi connectivity index (χ4v) is 4.29. The number of aromatic nitrogens is 1. The van der Waals surface area contributed by atoms with Gasteiger partial charge in [0.1, 0.15) is 0 Å². The Balaban J connectivity index is 1.59. The van der Waals surface area contributed by atoms with Gasteiger partial charge in [0.25, 0.3) is 5.91 Å². The third-order valence-electron chi connectivity index (χ3n) is 5.69. The molecule has 0 N–H and O–H groups in total. The van der Waals surface area contributed by atoms with E-state index < -0.39 is 0 Å². The summed E-state index contributed by atoms with van der Waals surface area (Å²) in [7, 11) is 0. The summed E-state index contributed by atoms with van der Waals surface area (Å²) in [5.41, 5.74) is 0.781. The molecule has 1 amide bonds. The number of carbonyl (C=O) groups excluding carboxylic acids is 1. The maximum Gasteiger partial charge on any atom is 0.291 e. The zero-order chi connectivity index (χ0) is 15.1. The van der Waals surface area contributed by atoms with Gasteiger partial charge in [0.05, 0.1) is 5.69 Å². The van der Waals surface area contributed by atoms with Crippen molar-refractivity contribution in [3.63, 3.8) is 0 Å². The molecule has 22 heavy (non-hydrogen) atoms. The van der Waals surface area contributed by atoms with Crippen molar-refractivity contribution < 1.29 is 9.21 Å². The van der Waals surface area contributed by atoms with Crippen LogP contribution in [0, 0.1) is 12.8 Å². The molecular formula is C18H26N2O2. The first-order chi connectivity index (χ1) is 10.7. The molecule has 0 spiro atoms. The van der Waals surface area contributed by atoms with Crippen molar-refractivity contribution in [1.82, 2.24) is 9.88 Å². The summed E-state index contributed by atoms with van der Waals surface area (Å²) in [4.78, 5) is 19.7. The van der Waals surface area contributed by atoms with Crippen LogP contribution < -0.4 is 0 Å². The number of aryl methyl sites for hydroxylation is 1. The Hall–Kier alpha value is -1.32. The normalized spacial score (nSPS) is 29.0. The van der Waals surface area contributed by atoms with E-state index in [0.29, 0.717) is 23.6 Å². The summed E-state index contributed by atoms with van der Waals surface area (Å²) in [6.45, 7) is 2.80. The average molecular weight is 302 g/mol. The third kappa shape index (κ3) is 2.57. The standard InChI is InChI=1S/C18H26N2O2/c1-12-16(22-17(19-12)14-9-10-14)18(21)20-11-5-4-7-13-6-2-3-8-15(13)20/h13-15H,2-11H2,1H3. The largest absolute Gasteiger partial charge is 0.435 e. The molecule has 2 heterocycles. The molecule has 1 aromatic heterocycles. The molecule has 2 unspecified atom stereocenters. The number of rotatable bonds is 2. The van der Waals surface area contributed by atoms with Crippen LogP contribution in [-0.2, 0) is 0 Å². The molecule has 3 fully saturated rings. The van der Waals surface area contributed by atoms with Crippen LogP contribution in [0.15, 0.2) is 4.42 Å². The highest BCUT2D eigenvalue weighted by molar-refractivity contribution is 5.92. The first-order valence-electron chi connectivity index (χ1n) is 9.02. The molecule has 1 saturated heterocycles. The van der Waals surface area contributed by atoms with Crippen LogP contribution in [-0.4, -0.2) is 28.4 Å². The van der Waals surface area contributed by atoms with Gasteiger partial charge in [-0.15, -0.1) is 0 Å². The molecule has 4 nitrogen and oxygen atoms in total. The third-order valence-corrected chi connectivity index (χ3v) is 5.69. The fraction of sp³-hybridized carbons (Fsp3) is 0.778. The van der Waals surface area contributed by atoms with E-state index in [1.165, 1.54) is 38.5 Å². The summed E-state index contributed by atoms with van der Waals surface area (Å²) in [5.74, 6) is 2.55. The Morgan fingerprint density at radius 2 is 1.82 bits per heavy atom. The first kappa shape index (κ1) is 14.3. The Labute approximate surface area is 132 Å². The van der Waals surface area contributed by atoms with Crippen LogP contribution in [0.25, 0.3) is 0 Å². The minimum Gasteiger partial charge on any atom is -0.435 e. The van der Waals surface area contributed by atoms with Gasteiger partial charge in [-0.25, -0.2) is 4.98 Å². The van der Waals surface area contributed by atoms with Gasteiger partial charge in [-0.2, -0.15) is 0 Å². The van der Waals surface area contributed by atoms with Gasteiger partial charge < -0.3 is 9.32 Å². The van der Waals surface area contributed by atoms with E-state index in [-0.39, 0.29) is 5.91 Å². The lowest BCUT2D eigenvalue weighted by atomic mass is 9.81. The zero-order valence-electron chi connectivity index (χ0n) is 13.5. The molecule has 0 bridgehead atoms. The molecule has 0 aromatic carbocycles. The maximum absolute atomic E-state index is 13.1. The highest BCUT2D eigenvalue weighted by Crippen LogP contribution is 2.41. The van der Waals surface area contributed by atoms with Crippen molar-refractivity contribution in [2.24, 2.45) is 5.92 Å². The Bertz CT molecular complexity index is 561. The van der Waals surface area contributed by atoms with Gasteiger partial charge in [-0.05, 0) is 51.4 Å². The SMILES string of the molecule is Cc1nc(C2CC2)oc1C(=O)N1CCCCC2CCCCC21. The van der Waals surface area contributed by atoms with E-state index in [9.17, 15) is 4.79 Å². The van der Waals surface area contributed by atoms with E-state index in [1.54, 1.807) is 0 Å². The fourth-order valence-electron chi connectivity index (χ4n) is 4.29. The number of likely N-dealkylation sites (tertiary alicyclic amines) is 1. The van der Waals surface area contributed by atoms with Gasteiger partial charge in [0.15, 0.2) is 5.89 Å². The average Bonchev–Trinajstić information content (AvgIpc) is 3.32. The van der Waals surface area contributed by atoms with Crippen molar-refractivity contribution in [3.8, 4) is 0 Å². The first-order valence-corrected chi connectivity index (χ1v) is 9.02. The number of fused-ring (bicyclic) bond motifs is 1. The van der Waals surface area contributed by atoms with E-state index in [1.807, 2.05) is 6.92 Å². The second-order valence-corrected chi connectivity index (χ2v) is 7.35. The summed E-state index contributed by atoms with van der Waals surface area (Å²) in [5, 5.41) is 0. The lowest BCUT2D eigenvalue weighted by Gasteiger charge is -2.37. The number of nitrogens with zero attached hydrogens (tertiary/aromatic N) is 2. The van der Waals surface area contributed by atoms with Gasteiger partial charge in [0.2, 0.25) is 5.76 Å². The van der Waals surface area contributed by atoms with Crippen molar-refractivity contribution >= 4 is 5.91 Å². The van der Waals surface area contributed by atoms with E-state index >= 15 is 0 Å². The van der Waals surface area contributed by atoms with Crippen LogP contribution in [0.2, 0.25) is 0 Å². The van der Waals surface area contributed by atoms with E-state index in [2.05, 4.69) is 9.88 Å². The summed E-state index contributed by atoms with van der Waals surface area (Å²) in [6, 6.07) is 0.428. The Kier molecular flexibility index (Phi) is 3.71.